The molecule has 0 amide bonds. The fourth-order valence-electron chi connectivity index (χ4n) is 2.63. The van der Waals surface area contributed by atoms with E-state index in [0.29, 0.717) is 16.8 Å². The summed E-state index contributed by atoms with van der Waals surface area (Å²) in [5.74, 6) is -0.750. The number of nitrogens with two attached hydrogens (primary N) is 1. The van der Waals surface area contributed by atoms with Crippen molar-refractivity contribution in [2.24, 2.45) is 5.73 Å². The first-order valence-corrected chi connectivity index (χ1v) is 6.62. The van der Waals surface area contributed by atoms with Crippen LogP contribution in [0, 0.1) is 18.3 Å². The monoisotopic (exact) mass is 320 g/mol. The molecule has 1 aromatic heterocycles. The Morgan fingerprint density at radius 1 is 1.39 bits per heavy atom. The van der Waals surface area contributed by atoms with E-state index < -0.39 is 17.7 Å². The molecule has 0 radical (unpaired) electrons. The van der Waals surface area contributed by atoms with Gasteiger partial charge in [0.15, 0.2) is 0 Å². The third-order valence-electron chi connectivity index (χ3n) is 3.68. The maximum Gasteiger partial charge on any atom is 0.416 e. The van der Waals surface area contributed by atoms with E-state index in [-0.39, 0.29) is 17.3 Å². The number of benzene rings is 1. The molecule has 0 bridgehead atoms. The van der Waals surface area contributed by atoms with E-state index in [9.17, 15) is 18.4 Å². The van der Waals surface area contributed by atoms with Crippen LogP contribution in [0.4, 0.5) is 13.2 Å². The number of hydrogen-bond donors (Lipinski definition) is 2. The smallest absolute Gasteiger partial charge is 0.416 e. The quantitative estimate of drug-likeness (QED) is 0.845. The van der Waals surface area contributed by atoms with Crippen molar-refractivity contribution in [3.63, 3.8) is 0 Å². The molecule has 3 N–H and O–H groups in total. The second-order valence-electron chi connectivity index (χ2n) is 5.12. The Bertz CT molecular complexity index is 845. The number of rotatable bonds is 1. The highest BCUT2D eigenvalue weighted by Gasteiger charge is 2.36. The van der Waals surface area contributed by atoms with E-state index in [2.05, 4.69) is 10.2 Å². The topological polar surface area (TPSA) is 87.7 Å². The maximum absolute atomic E-state index is 13.0. The van der Waals surface area contributed by atoms with Gasteiger partial charge >= 0.3 is 6.18 Å². The van der Waals surface area contributed by atoms with E-state index in [1.807, 2.05) is 6.07 Å². The highest BCUT2D eigenvalue weighted by molar-refractivity contribution is 5.55. The molecule has 1 atom stereocenters. The first-order valence-electron chi connectivity index (χ1n) is 6.62. The molecule has 0 spiro atoms. The summed E-state index contributed by atoms with van der Waals surface area (Å²) in [5, 5.41) is 16.0. The zero-order chi connectivity index (χ0) is 16.8. The minimum Gasteiger partial charge on any atom is -0.420 e. The SMILES string of the molecule is Cc1[nH]nc2c1C(c1cccc(C(F)(F)F)c1)C(C#N)=C(N)O2. The molecule has 118 valence electrons. The summed E-state index contributed by atoms with van der Waals surface area (Å²) < 4.78 is 44.2. The third-order valence-corrected chi connectivity index (χ3v) is 3.68. The normalized spacial score (nSPS) is 17.4. The van der Waals surface area contributed by atoms with Crippen LogP contribution in [-0.2, 0) is 6.18 Å². The minimum absolute atomic E-state index is 0.0568. The highest BCUT2D eigenvalue weighted by atomic mass is 19.4. The Balaban J connectivity index is 2.21. The van der Waals surface area contributed by atoms with Crippen LogP contribution in [0.2, 0.25) is 0 Å². The van der Waals surface area contributed by atoms with Crippen molar-refractivity contribution in [1.82, 2.24) is 10.2 Å². The molecular formula is C15H11F3N4O. The Morgan fingerprint density at radius 3 is 2.78 bits per heavy atom. The van der Waals surface area contributed by atoms with Crippen LogP contribution in [-0.4, -0.2) is 10.2 Å². The van der Waals surface area contributed by atoms with Crippen molar-refractivity contribution in [3.8, 4) is 11.9 Å². The minimum atomic E-state index is -4.47. The number of hydrogen-bond acceptors (Lipinski definition) is 4. The van der Waals surface area contributed by atoms with E-state index in [1.54, 1.807) is 6.92 Å². The predicted octanol–water partition coefficient (Wildman–Crippen LogP) is 2.96. The van der Waals surface area contributed by atoms with Crippen LogP contribution in [0.3, 0.4) is 0 Å². The van der Waals surface area contributed by atoms with Gasteiger partial charge in [0.25, 0.3) is 0 Å². The fraction of sp³-hybridized carbons (Fsp3) is 0.200. The molecule has 23 heavy (non-hydrogen) atoms. The molecule has 8 heteroatoms. The van der Waals surface area contributed by atoms with Gasteiger partial charge in [0.1, 0.15) is 11.6 Å². The average Bonchev–Trinajstić information content (AvgIpc) is 2.86. The molecule has 1 aliphatic rings. The third kappa shape index (κ3) is 2.40. The molecule has 5 nitrogen and oxygen atoms in total. The van der Waals surface area contributed by atoms with E-state index in [0.717, 1.165) is 12.1 Å². The molecule has 1 unspecified atom stereocenters. The van der Waals surface area contributed by atoms with Crippen LogP contribution >= 0.6 is 0 Å². The molecule has 0 saturated heterocycles. The molecule has 0 saturated carbocycles. The number of nitrogens with zero attached hydrogens (tertiary/aromatic N) is 2. The number of H-pyrrole nitrogens is 1. The van der Waals surface area contributed by atoms with Crippen LogP contribution in [0.15, 0.2) is 35.7 Å². The van der Waals surface area contributed by atoms with Gasteiger partial charge in [0, 0.05) is 11.3 Å². The number of nitrogens with one attached hydrogen (secondary N) is 1. The lowest BCUT2D eigenvalue weighted by molar-refractivity contribution is -0.137. The van der Waals surface area contributed by atoms with Gasteiger partial charge in [-0.2, -0.15) is 18.4 Å². The van der Waals surface area contributed by atoms with Gasteiger partial charge in [-0.3, -0.25) is 5.10 Å². The van der Waals surface area contributed by atoms with Crippen molar-refractivity contribution in [2.45, 2.75) is 19.0 Å². The second kappa shape index (κ2) is 5.05. The lowest BCUT2D eigenvalue weighted by Gasteiger charge is -2.24. The average molecular weight is 320 g/mol. The highest BCUT2D eigenvalue weighted by Crippen LogP contribution is 2.43. The van der Waals surface area contributed by atoms with Crippen molar-refractivity contribution < 1.29 is 17.9 Å². The molecule has 2 heterocycles. The van der Waals surface area contributed by atoms with Crippen LogP contribution < -0.4 is 10.5 Å². The van der Waals surface area contributed by atoms with E-state index in [1.165, 1.54) is 12.1 Å². The molecule has 3 rings (SSSR count). The van der Waals surface area contributed by atoms with Gasteiger partial charge in [-0.1, -0.05) is 18.2 Å². The summed E-state index contributed by atoms with van der Waals surface area (Å²) in [6.07, 6.45) is -4.47. The summed E-state index contributed by atoms with van der Waals surface area (Å²) in [4.78, 5) is 0. The van der Waals surface area contributed by atoms with Crippen molar-refractivity contribution >= 4 is 0 Å². The number of alkyl halides is 3. The van der Waals surface area contributed by atoms with Crippen molar-refractivity contribution in [3.05, 3.63) is 58.1 Å². The zero-order valence-electron chi connectivity index (χ0n) is 11.9. The number of ether oxygens (including phenoxy) is 1. The second-order valence-corrected chi connectivity index (χ2v) is 5.12. The number of allylic oxidation sites excluding steroid dienone is 1. The van der Waals surface area contributed by atoms with Gasteiger partial charge in [0.05, 0.1) is 11.5 Å². The summed E-state index contributed by atoms with van der Waals surface area (Å²) in [6.45, 7) is 1.70. The van der Waals surface area contributed by atoms with Crippen LogP contribution in [0.5, 0.6) is 5.88 Å². The Morgan fingerprint density at radius 2 is 2.13 bits per heavy atom. The molecule has 1 aliphatic heterocycles. The zero-order valence-corrected chi connectivity index (χ0v) is 11.9. The molecule has 2 aromatic rings. The summed E-state index contributed by atoms with van der Waals surface area (Å²) in [6, 6.07) is 6.73. The Hall–Kier alpha value is -2.95. The maximum atomic E-state index is 13.0. The summed E-state index contributed by atoms with van der Waals surface area (Å²) in [7, 11) is 0. The van der Waals surface area contributed by atoms with Crippen LogP contribution in [0.25, 0.3) is 0 Å². The van der Waals surface area contributed by atoms with Crippen molar-refractivity contribution in [2.75, 3.05) is 0 Å². The fourth-order valence-corrected chi connectivity index (χ4v) is 2.63. The molecule has 0 aliphatic carbocycles. The standard InChI is InChI=1S/C15H11F3N4O/c1-7-11-12(8-3-2-4-9(5-8)15(16,17)18)10(6-19)13(20)23-14(11)22-21-7/h2-5,12H,20H2,1H3,(H,21,22). The first-order chi connectivity index (χ1) is 10.8. The number of fused-ring (bicyclic) bond motifs is 1. The number of halogens is 3. The molecule has 1 aromatic carbocycles. The Labute approximate surface area is 129 Å². The van der Waals surface area contributed by atoms with Gasteiger partial charge in [-0.25, -0.2) is 0 Å². The number of aryl methyl sites for hydroxylation is 1. The summed E-state index contributed by atoms with van der Waals surface area (Å²) >= 11 is 0. The van der Waals surface area contributed by atoms with Gasteiger partial charge in [-0.15, -0.1) is 5.10 Å². The number of aromatic nitrogens is 2. The lowest BCUT2D eigenvalue weighted by Crippen LogP contribution is -2.21. The molecule has 0 fully saturated rings. The van der Waals surface area contributed by atoms with Gasteiger partial charge < -0.3 is 10.5 Å². The van der Waals surface area contributed by atoms with Gasteiger partial charge in [0.2, 0.25) is 11.8 Å². The van der Waals surface area contributed by atoms with Crippen LogP contribution in [0.1, 0.15) is 28.3 Å². The summed E-state index contributed by atoms with van der Waals surface area (Å²) in [5.41, 5.74) is 6.40. The van der Waals surface area contributed by atoms with E-state index in [4.69, 9.17) is 10.5 Å². The van der Waals surface area contributed by atoms with Gasteiger partial charge in [-0.05, 0) is 18.6 Å². The van der Waals surface area contributed by atoms with Crippen molar-refractivity contribution in [1.29, 1.82) is 5.26 Å². The predicted molar refractivity (Wildman–Crippen MR) is 74.1 cm³/mol. The van der Waals surface area contributed by atoms with E-state index >= 15 is 0 Å². The number of nitriles is 1. The Kier molecular flexibility index (Phi) is 3.29. The lowest BCUT2D eigenvalue weighted by atomic mass is 9.83. The number of aromatic amines is 1. The largest absolute Gasteiger partial charge is 0.420 e. The first kappa shape index (κ1) is 15.0. The molecular weight excluding hydrogens is 309 g/mol.